The third kappa shape index (κ3) is 2.20. The molecule has 98 valence electrons. The van der Waals surface area contributed by atoms with Gasteiger partial charge in [0, 0.05) is 30.9 Å². The summed E-state index contributed by atoms with van der Waals surface area (Å²) >= 11 is 0. The molecule has 0 spiro atoms. The molecular formula is C13H20N4O. The van der Waals surface area contributed by atoms with Crippen LogP contribution in [-0.4, -0.2) is 51.5 Å². The Labute approximate surface area is 107 Å². The molecule has 3 heterocycles. The first-order valence-electron chi connectivity index (χ1n) is 6.79. The maximum absolute atomic E-state index is 9.17. The maximum Gasteiger partial charge on any atom is 0.148 e. The minimum absolute atomic E-state index is 0.255. The first-order chi connectivity index (χ1) is 8.88. The zero-order valence-electron chi connectivity index (χ0n) is 10.5. The maximum atomic E-state index is 9.17. The van der Waals surface area contributed by atoms with Crippen LogP contribution >= 0.6 is 0 Å². The summed E-state index contributed by atoms with van der Waals surface area (Å²) in [5.41, 5.74) is 0. The average Bonchev–Trinajstić information content (AvgIpc) is 2.67. The van der Waals surface area contributed by atoms with Gasteiger partial charge in [-0.15, -0.1) is 5.10 Å². The zero-order valence-corrected chi connectivity index (χ0v) is 10.5. The second kappa shape index (κ2) is 5.20. The number of aliphatic hydroxyl groups is 1. The van der Waals surface area contributed by atoms with Crippen LogP contribution in [0.1, 0.15) is 25.7 Å². The molecule has 3 atom stereocenters. The molecule has 0 saturated carbocycles. The lowest BCUT2D eigenvalue weighted by molar-refractivity contribution is 0.102. The quantitative estimate of drug-likeness (QED) is 0.828. The van der Waals surface area contributed by atoms with E-state index in [4.69, 9.17) is 0 Å². The van der Waals surface area contributed by atoms with E-state index in [1.807, 2.05) is 12.1 Å². The Hall–Kier alpha value is -1.20. The molecule has 1 aromatic heterocycles. The highest BCUT2D eigenvalue weighted by atomic mass is 16.3. The number of hydrogen-bond acceptors (Lipinski definition) is 5. The van der Waals surface area contributed by atoms with Gasteiger partial charge in [-0.3, -0.25) is 4.90 Å². The molecule has 0 amide bonds. The van der Waals surface area contributed by atoms with E-state index in [1.165, 1.54) is 25.7 Å². The molecule has 0 aromatic carbocycles. The molecule has 0 radical (unpaired) electrons. The second-order valence-electron chi connectivity index (χ2n) is 5.20. The summed E-state index contributed by atoms with van der Waals surface area (Å²) < 4.78 is 0. The van der Waals surface area contributed by atoms with Crippen molar-refractivity contribution in [2.24, 2.45) is 0 Å². The van der Waals surface area contributed by atoms with Gasteiger partial charge in [0.25, 0.3) is 0 Å². The predicted octanol–water partition coefficient (Wildman–Crippen LogP) is 0.876. The fourth-order valence-corrected chi connectivity index (χ4v) is 3.47. The molecule has 3 rings (SSSR count). The highest BCUT2D eigenvalue weighted by Crippen LogP contribution is 2.36. The van der Waals surface area contributed by atoms with Crippen molar-refractivity contribution in [3.8, 4) is 0 Å². The Morgan fingerprint density at radius 3 is 3.00 bits per heavy atom. The number of hydrogen-bond donors (Lipinski definition) is 2. The van der Waals surface area contributed by atoms with Crippen LogP contribution in [0.5, 0.6) is 0 Å². The first-order valence-corrected chi connectivity index (χ1v) is 6.79. The molecule has 2 bridgehead atoms. The Morgan fingerprint density at radius 1 is 1.33 bits per heavy atom. The smallest absolute Gasteiger partial charge is 0.148 e. The molecule has 5 nitrogen and oxygen atoms in total. The summed E-state index contributed by atoms with van der Waals surface area (Å²) in [6, 6.07) is 5.53. The normalized spacial score (nSPS) is 31.5. The van der Waals surface area contributed by atoms with Gasteiger partial charge >= 0.3 is 0 Å². The Balaban J connectivity index is 1.69. The van der Waals surface area contributed by atoms with Crippen LogP contribution in [0, 0.1) is 0 Å². The molecule has 2 N–H and O–H groups in total. The minimum atomic E-state index is 0.255. The molecule has 2 fully saturated rings. The summed E-state index contributed by atoms with van der Waals surface area (Å²) in [4.78, 5) is 2.47. The molecule has 18 heavy (non-hydrogen) atoms. The number of fused-ring (bicyclic) bond motifs is 2. The third-order valence-corrected chi connectivity index (χ3v) is 4.23. The average molecular weight is 248 g/mol. The van der Waals surface area contributed by atoms with Crippen molar-refractivity contribution in [3.05, 3.63) is 18.3 Å². The number of aliphatic hydroxyl groups excluding tert-OH is 1. The SMILES string of the molecule is OCCN1[C@H]2CC[C@H](Nc3cccnn3)[C@@H]1CC2. The van der Waals surface area contributed by atoms with E-state index in [0.717, 1.165) is 12.4 Å². The largest absolute Gasteiger partial charge is 0.395 e. The summed E-state index contributed by atoms with van der Waals surface area (Å²) in [7, 11) is 0. The standard InChI is InChI=1S/C13H20N4O/c18-9-8-17-10-3-5-11(12(17)6-4-10)15-13-2-1-7-14-16-13/h1-2,7,10-12,18H,3-6,8-9H2,(H,15,16)/t10-,11-,12-/m0/s1. The van der Waals surface area contributed by atoms with Crippen LogP contribution in [0.25, 0.3) is 0 Å². The monoisotopic (exact) mass is 248 g/mol. The van der Waals surface area contributed by atoms with Gasteiger partial charge in [0.15, 0.2) is 0 Å². The van der Waals surface area contributed by atoms with Crippen molar-refractivity contribution in [3.63, 3.8) is 0 Å². The number of piperidine rings is 1. The third-order valence-electron chi connectivity index (χ3n) is 4.23. The number of anilines is 1. The van der Waals surface area contributed by atoms with Gasteiger partial charge in [-0.2, -0.15) is 5.10 Å². The molecule has 0 aliphatic carbocycles. The number of nitrogens with zero attached hydrogens (tertiary/aromatic N) is 3. The number of aromatic nitrogens is 2. The van der Waals surface area contributed by atoms with Gasteiger partial charge in [-0.05, 0) is 37.8 Å². The van der Waals surface area contributed by atoms with Crippen molar-refractivity contribution >= 4 is 5.82 Å². The topological polar surface area (TPSA) is 61.3 Å². The van der Waals surface area contributed by atoms with Gasteiger partial charge in [0.1, 0.15) is 5.82 Å². The van der Waals surface area contributed by atoms with Crippen LogP contribution in [0.3, 0.4) is 0 Å². The highest BCUT2D eigenvalue weighted by Gasteiger charge is 2.41. The van der Waals surface area contributed by atoms with Crippen molar-refractivity contribution in [2.45, 2.75) is 43.8 Å². The van der Waals surface area contributed by atoms with E-state index in [9.17, 15) is 5.11 Å². The summed E-state index contributed by atoms with van der Waals surface area (Å²) in [6.45, 7) is 1.05. The fraction of sp³-hybridized carbons (Fsp3) is 0.692. The van der Waals surface area contributed by atoms with Crippen LogP contribution in [0.2, 0.25) is 0 Å². The number of rotatable bonds is 4. The van der Waals surface area contributed by atoms with Crippen LogP contribution in [0.4, 0.5) is 5.82 Å². The summed E-state index contributed by atoms with van der Waals surface area (Å²) in [5, 5.41) is 20.7. The van der Waals surface area contributed by atoms with Crippen molar-refractivity contribution in [1.82, 2.24) is 15.1 Å². The first kappa shape index (κ1) is 11.9. The van der Waals surface area contributed by atoms with Gasteiger partial charge in [0.05, 0.1) is 6.61 Å². The van der Waals surface area contributed by atoms with E-state index >= 15 is 0 Å². The van der Waals surface area contributed by atoms with E-state index in [2.05, 4.69) is 20.4 Å². The Bertz CT molecular complexity index is 386. The number of nitrogens with one attached hydrogen (secondary N) is 1. The molecule has 2 saturated heterocycles. The highest BCUT2D eigenvalue weighted by molar-refractivity contribution is 5.34. The Kier molecular flexibility index (Phi) is 3.43. The molecule has 2 aliphatic heterocycles. The lowest BCUT2D eigenvalue weighted by atomic mass is 9.97. The van der Waals surface area contributed by atoms with Crippen LogP contribution in [0.15, 0.2) is 18.3 Å². The van der Waals surface area contributed by atoms with Gasteiger partial charge in [-0.1, -0.05) is 0 Å². The van der Waals surface area contributed by atoms with E-state index in [0.29, 0.717) is 18.1 Å². The fourth-order valence-electron chi connectivity index (χ4n) is 3.47. The van der Waals surface area contributed by atoms with Crippen molar-refractivity contribution < 1.29 is 5.11 Å². The molecule has 5 heteroatoms. The lowest BCUT2D eigenvalue weighted by Crippen LogP contribution is -2.51. The molecular weight excluding hydrogens is 228 g/mol. The van der Waals surface area contributed by atoms with E-state index < -0.39 is 0 Å². The zero-order chi connectivity index (χ0) is 12.4. The van der Waals surface area contributed by atoms with Crippen LogP contribution < -0.4 is 5.32 Å². The molecule has 1 aromatic rings. The van der Waals surface area contributed by atoms with Crippen LogP contribution in [-0.2, 0) is 0 Å². The lowest BCUT2D eigenvalue weighted by Gasteiger charge is -2.40. The molecule has 0 unspecified atom stereocenters. The van der Waals surface area contributed by atoms with Crippen molar-refractivity contribution in [2.75, 3.05) is 18.5 Å². The summed E-state index contributed by atoms with van der Waals surface area (Å²) in [5.74, 6) is 0.858. The van der Waals surface area contributed by atoms with Crippen molar-refractivity contribution in [1.29, 1.82) is 0 Å². The Morgan fingerprint density at radius 2 is 2.22 bits per heavy atom. The second-order valence-corrected chi connectivity index (χ2v) is 5.20. The van der Waals surface area contributed by atoms with E-state index in [-0.39, 0.29) is 6.61 Å². The van der Waals surface area contributed by atoms with Gasteiger partial charge in [0.2, 0.25) is 0 Å². The molecule has 2 aliphatic rings. The predicted molar refractivity (Wildman–Crippen MR) is 69.3 cm³/mol. The van der Waals surface area contributed by atoms with Gasteiger partial charge < -0.3 is 10.4 Å². The van der Waals surface area contributed by atoms with Gasteiger partial charge in [-0.25, -0.2) is 0 Å². The van der Waals surface area contributed by atoms with E-state index in [1.54, 1.807) is 6.20 Å². The summed E-state index contributed by atoms with van der Waals surface area (Å²) in [6.07, 6.45) is 6.59. The minimum Gasteiger partial charge on any atom is -0.395 e.